The van der Waals surface area contributed by atoms with E-state index in [4.69, 9.17) is 10.5 Å². The molecule has 0 saturated carbocycles. The van der Waals surface area contributed by atoms with E-state index in [9.17, 15) is 0 Å². The molecule has 2 rings (SSSR count). The molecule has 4 nitrogen and oxygen atoms in total. The molecule has 0 fully saturated rings. The summed E-state index contributed by atoms with van der Waals surface area (Å²) in [6.45, 7) is 7.54. The molecule has 0 spiro atoms. The topological polar surface area (TPSA) is 53.1 Å². The minimum absolute atomic E-state index is 0.0338. The van der Waals surface area contributed by atoms with Crippen LogP contribution in [0, 0.1) is 0 Å². The Bertz CT molecular complexity index is 561. The fraction of sp³-hybridized carbons (Fsp3) is 0.438. The van der Waals surface area contributed by atoms with Gasteiger partial charge in [-0.1, -0.05) is 25.1 Å². The summed E-state index contributed by atoms with van der Waals surface area (Å²) in [4.78, 5) is 0. The van der Waals surface area contributed by atoms with Gasteiger partial charge >= 0.3 is 0 Å². The van der Waals surface area contributed by atoms with Crippen LogP contribution in [0.4, 0.5) is 0 Å². The fourth-order valence-electron chi connectivity index (χ4n) is 2.22. The minimum Gasteiger partial charge on any atom is -0.487 e. The number of nitrogens with zero attached hydrogens (tertiary/aromatic N) is 2. The van der Waals surface area contributed by atoms with E-state index >= 15 is 0 Å². The molecular formula is C16H23N3O. The van der Waals surface area contributed by atoms with Crippen molar-refractivity contribution in [3.05, 3.63) is 47.3 Å². The smallest absolute Gasteiger partial charge is 0.130 e. The number of aryl methyl sites for hydroxylation is 2. The van der Waals surface area contributed by atoms with Crippen molar-refractivity contribution in [2.75, 3.05) is 0 Å². The van der Waals surface area contributed by atoms with Gasteiger partial charge in [0, 0.05) is 18.2 Å². The second-order valence-electron chi connectivity index (χ2n) is 4.91. The van der Waals surface area contributed by atoms with E-state index in [2.05, 4.69) is 25.0 Å². The van der Waals surface area contributed by atoms with Gasteiger partial charge in [0.2, 0.25) is 0 Å². The van der Waals surface area contributed by atoms with Gasteiger partial charge in [-0.25, -0.2) is 0 Å². The van der Waals surface area contributed by atoms with E-state index in [1.807, 2.05) is 35.9 Å². The first-order valence-corrected chi connectivity index (χ1v) is 7.18. The van der Waals surface area contributed by atoms with Gasteiger partial charge in [0.1, 0.15) is 12.4 Å². The average Bonchev–Trinajstić information content (AvgIpc) is 2.87. The number of hydrogen-bond donors (Lipinski definition) is 1. The molecule has 2 aromatic rings. The highest BCUT2D eigenvalue weighted by Crippen LogP contribution is 2.24. The third kappa shape index (κ3) is 3.20. The summed E-state index contributed by atoms with van der Waals surface area (Å²) in [5.41, 5.74) is 9.20. The van der Waals surface area contributed by atoms with Crippen molar-refractivity contribution < 1.29 is 4.74 Å². The van der Waals surface area contributed by atoms with Gasteiger partial charge in [0.25, 0.3) is 0 Å². The lowest BCUT2D eigenvalue weighted by Crippen LogP contribution is -2.10. The quantitative estimate of drug-likeness (QED) is 0.880. The molecule has 1 heterocycles. The predicted octanol–water partition coefficient (Wildman–Crippen LogP) is 3.06. The third-order valence-corrected chi connectivity index (χ3v) is 3.36. The lowest BCUT2D eigenvalue weighted by Gasteiger charge is -2.14. The summed E-state index contributed by atoms with van der Waals surface area (Å²) < 4.78 is 7.94. The van der Waals surface area contributed by atoms with Crippen LogP contribution in [-0.2, 0) is 19.6 Å². The van der Waals surface area contributed by atoms with Gasteiger partial charge in [-0.2, -0.15) is 5.10 Å². The molecule has 20 heavy (non-hydrogen) atoms. The summed E-state index contributed by atoms with van der Waals surface area (Å²) >= 11 is 0. The zero-order valence-corrected chi connectivity index (χ0v) is 12.5. The molecule has 0 bridgehead atoms. The molecule has 1 aromatic carbocycles. The molecule has 108 valence electrons. The van der Waals surface area contributed by atoms with Crippen molar-refractivity contribution in [3.8, 4) is 5.75 Å². The molecule has 0 radical (unpaired) electrons. The van der Waals surface area contributed by atoms with Gasteiger partial charge in [-0.05, 0) is 32.4 Å². The zero-order valence-electron chi connectivity index (χ0n) is 12.5. The number of nitrogens with two attached hydrogens (primary N) is 1. The SMILES string of the molecule is CCc1cc(COc2ccccc2[C@H](C)N)n(CC)n1. The van der Waals surface area contributed by atoms with Gasteiger partial charge < -0.3 is 10.5 Å². The molecule has 2 N–H and O–H groups in total. The number of ether oxygens (including phenoxy) is 1. The molecule has 0 saturated heterocycles. The Labute approximate surface area is 120 Å². The molecule has 0 amide bonds. The molecule has 0 aliphatic heterocycles. The summed E-state index contributed by atoms with van der Waals surface area (Å²) in [7, 11) is 0. The molecule has 0 aliphatic carbocycles. The fourth-order valence-corrected chi connectivity index (χ4v) is 2.22. The molecule has 0 aliphatic rings. The Kier molecular flexibility index (Phi) is 4.79. The lowest BCUT2D eigenvalue weighted by molar-refractivity contribution is 0.288. The number of benzene rings is 1. The second-order valence-corrected chi connectivity index (χ2v) is 4.91. The number of para-hydroxylation sites is 1. The summed E-state index contributed by atoms with van der Waals surface area (Å²) in [6, 6.07) is 10.00. The van der Waals surface area contributed by atoms with E-state index < -0.39 is 0 Å². The van der Waals surface area contributed by atoms with Gasteiger partial charge in [-0.15, -0.1) is 0 Å². The van der Waals surface area contributed by atoms with Gasteiger partial charge in [-0.3, -0.25) is 4.68 Å². The van der Waals surface area contributed by atoms with Crippen LogP contribution < -0.4 is 10.5 Å². The first-order chi connectivity index (χ1) is 9.65. The van der Waals surface area contributed by atoms with Crippen LogP contribution in [0.5, 0.6) is 5.75 Å². The van der Waals surface area contributed by atoms with Crippen LogP contribution in [-0.4, -0.2) is 9.78 Å². The maximum Gasteiger partial charge on any atom is 0.130 e. The van der Waals surface area contributed by atoms with Crippen molar-refractivity contribution >= 4 is 0 Å². The highest BCUT2D eigenvalue weighted by molar-refractivity contribution is 5.35. The van der Waals surface area contributed by atoms with E-state index in [0.29, 0.717) is 6.61 Å². The van der Waals surface area contributed by atoms with Crippen molar-refractivity contribution in [3.63, 3.8) is 0 Å². The maximum absolute atomic E-state index is 5.97. The molecule has 4 heteroatoms. The monoisotopic (exact) mass is 273 g/mol. The van der Waals surface area contributed by atoms with E-state index in [1.54, 1.807) is 0 Å². The Balaban J connectivity index is 2.14. The number of aromatic nitrogens is 2. The Hall–Kier alpha value is -1.81. The minimum atomic E-state index is -0.0338. The first-order valence-electron chi connectivity index (χ1n) is 7.18. The Morgan fingerprint density at radius 2 is 2.05 bits per heavy atom. The van der Waals surface area contributed by atoms with Crippen molar-refractivity contribution in [2.24, 2.45) is 5.73 Å². The lowest BCUT2D eigenvalue weighted by atomic mass is 10.1. The van der Waals surface area contributed by atoms with Crippen LogP contribution in [0.25, 0.3) is 0 Å². The van der Waals surface area contributed by atoms with Crippen LogP contribution in [0.1, 0.15) is 43.8 Å². The zero-order chi connectivity index (χ0) is 14.5. The van der Waals surface area contributed by atoms with E-state index in [0.717, 1.165) is 35.7 Å². The van der Waals surface area contributed by atoms with Gasteiger partial charge in [0.05, 0.1) is 11.4 Å². The van der Waals surface area contributed by atoms with Crippen molar-refractivity contribution in [1.29, 1.82) is 0 Å². The Morgan fingerprint density at radius 3 is 2.70 bits per heavy atom. The highest BCUT2D eigenvalue weighted by Gasteiger charge is 2.10. The van der Waals surface area contributed by atoms with Crippen LogP contribution >= 0.6 is 0 Å². The van der Waals surface area contributed by atoms with Crippen molar-refractivity contribution in [1.82, 2.24) is 9.78 Å². The number of rotatable bonds is 6. The summed E-state index contributed by atoms with van der Waals surface area (Å²) in [5.74, 6) is 0.851. The molecule has 1 atom stereocenters. The van der Waals surface area contributed by atoms with E-state index in [1.165, 1.54) is 0 Å². The molecule has 1 aromatic heterocycles. The molecule has 0 unspecified atom stereocenters. The maximum atomic E-state index is 5.97. The van der Waals surface area contributed by atoms with Crippen LogP contribution in [0.3, 0.4) is 0 Å². The largest absolute Gasteiger partial charge is 0.487 e. The second kappa shape index (κ2) is 6.57. The normalized spacial score (nSPS) is 12.4. The Morgan fingerprint density at radius 1 is 1.30 bits per heavy atom. The predicted molar refractivity (Wildman–Crippen MR) is 80.7 cm³/mol. The number of hydrogen-bond acceptors (Lipinski definition) is 3. The highest BCUT2D eigenvalue weighted by atomic mass is 16.5. The average molecular weight is 273 g/mol. The first kappa shape index (κ1) is 14.6. The third-order valence-electron chi connectivity index (χ3n) is 3.36. The molecular weight excluding hydrogens is 250 g/mol. The summed E-state index contributed by atoms with van der Waals surface area (Å²) in [5, 5.41) is 4.53. The van der Waals surface area contributed by atoms with Crippen LogP contribution in [0.2, 0.25) is 0 Å². The van der Waals surface area contributed by atoms with E-state index in [-0.39, 0.29) is 6.04 Å². The van der Waals surface area contributed by atoms with Gasteiger partial charge in [0.15, 0.2) is 0 Å². The van der Waals surface area contributed by atoms with Crippen LogP contribution in [0.15, 0.2) is 30.3 Å². The van der Waals surface area contributed by atoms with Crippen molar-refractivity contribution in [2.45, 2.75) is 46.4 Å². The summed E-state index contributed by atoms with van der Waals surface area (Å²) in [6.07, 6.45) is 0.941. The standard InChI is InChI=1S/C16H23N3O/c1-4-13-10-14(19(5-2)18-13)11-20-16-9-7-6-8-15(16)12(3)17/h6-10,12H,4-5,11,17H2,1-3H3/t12-/m0/s1.